The first-order chi connectivity index (χ1) is 8.04. The third-order valence-electron chi connectivity index (χ3n) is 2.98. The van der Waals surface area contributed by atoms with E-state index in [4.69, 9.17) is 0 Å². The lowest BCUT2D eigenvalue weighted by Gasteiger charge is -2.30. The van der Waals surface area contributed by atoms with Crippen LogP contribution in [0.5, 0.6) is 0 Å². The molecule has 0 amide bonds. The summed E-state index contributed by atoms with van der Waals surface area (Å²) < 4.78 is 27.9. The van der Waals surface area contributed by atoms with Crippen molar-refractivity contribution in [1.82, 2.24) is 0 Å². The quantitative estimate of drug-likeness (QED) is 0.725. The van der Waals surface area contributed by atoms with Crippen LogP contribution < -0.4 is 4.90 Å². The lowest BCUT2D eigenvalue weighted by Crippen LogP contribution is -2.33. The predicted molar refractivity (Wildman–Crippen MR) is 71.8 cm³/mol. The molecule has 1 atom stereocenters. The molecule has 1 aromatic rings. The first-order valence-electron chi connectivity index (χ1n) is 5.85. The van der Waals surface area contributed by atoms with Crippen LogP contribution in [0, 0.1) is 11.6 Å². The van der Waals surface area contributed by atoms with Gasteiger partial charge in [0.15, 0.2) is 0 Å². The van der Waals surface area contributed by atoms with E-state index in [1.165, 1.54) is 12.1 Å². The Kier molecular flexibility index (Phi) is 5.37. The third-order valence-corrected chi connectivity index (χ3v) is 3.63. The van der Waals surface area contributed by atoms with Gasteiger partial charge >= 0.3 is 0 Å². The van der Waals surface area contributed by atoms with Crippen LogP contribution in [0.4, 0.5) is 14.5 Å². The maximum Gasteiger partial charge on any atom is 0.149 e. The van der Waals surface area contributed by atoms with Gasteiger partial charge in [0.05, 0.1) is 0 Å². The number of halogens is 3. The van der Waals surface area contributed by atoms with Crippen LogP contribution in [-0.2, 0) is 5.33 Å². The molecule has 0 bridgehead atoms. The lowest BCUT2D eigenvalue weighted by molar-refractivity contribution is 0.543. The molecule has 0 spiro atoms. The Hall–Kier alpha value is -0.640. The molecule has 4 heteroatoms. The molecular weight excluding hydrogens is 288 g/mol. The Bertz CT molecular complexity index is 359. The molecule has 1 unspecified atom stereocenters. The van der Waals surface area contributed by atoms with E-state index in [2.05, 4.69) is 15.9 Å². The molecule has 0 heterocycles. The number of anilines is 1. The highest BCUT2D eigenvalue weighted by molar-refractivity contribution is 9.08. The summed E-state index contributed by atoms with van der Waals surface area (Å²) in [6.45, 7) is 6.48. The van der Waals surface area contributed by atoms with Crippen molar-refractivity contribution >= 4 is 21.6 Å². The smallest absolute Gasteiger partial charge is 0.149 e. The van der Waals surface area contributed by atoms with Crippen LogP contribution in [0.3, 0.4) is 0 Å². The van der Waals surface area contributed by atoms with E-state index in [-0.39, 0.29) is 11.7 Å². The monoisotopic (exact) mass is 305 g/mol. The fourth-order valence-electron chi connectivity index (χ4n) is 1.88. The van der Waals surface area contributed by atoms with Gasteiger partial charge in [-0.3, -0.25) is 0 Å². The van der Waals surface area contributed by atoms with Gasteiger partial charge in [-0.2, -0.15) is 0 Å². The third kappa shape index (κ3) is 3.18. The molecule has 0 radical (unpaired) electrons. The zero-order valence-electron chi connectivity index (χ0n) is 10.4. The molecule has 0 aliphatic heterocycles. The van der Waals surface area contributed by atoms with Crippen LogP contribution in [-0.4, -0.2) is 12.6 Å². The molecule has 0 saturated heterocycles. The molecule has 0 N–H and O–H groups in total. The van der Waals surface area contributed by atoms with Crippen LogP contribution >= 0.6 is 15.9 Å². The highest BCUT2D eigenvalue weighted by Gasteiger charge is 2.20. The normalized spacial score (nSPS) is 12.6. The molecule has 96 valence electrons. The van der Waals surface area contributed by atoms with Crippen LogP contribution in [0.15, 0.2) is 12.1 Å². The number of hydrogen-bond acceptors (Lipinski definition) is 1. The van der Waals surface area contributed by atoms with Gasteiger partial charge in [0.1, 0.15) is 17.3 Å². The molecule has 0 saturated carbocycles. The van der Waals surface area contributed by atoms with E-state index in [9.17, 15) is 8.78 Å². The van der Waals surface area contributed by atoms with Crippen molar-refractivity contribution in [3.63, 3.8) is 0 Å². The molecule has 1 aromatic carbocycles. The first kappa shape index (κ1) is 14.4. The molecule has 1 rings (SSSR count). The minimum absolute atomic E-state index is 0.0894. The van der Waals surface area contributed by atoms with Gasteiger partial charge in [-0.15, -0.1) is 0 Å². The summed E-state index contributed by atoms with van der Waals surface area (Å²) >= 11 is 3.20. The zero-order chi connectivity index (χ0) is 13.0. The number of alkyl halides is 1. The van der Waals surface area contributed by atoms with Crippen molar-refractivity contribution in [3.8, 4) is 0 Å². The summed E-state index contributed by atoms with van der Waals surface area (Å²) in [5, 5.41) is 0.455. The molecular formula is C13H18BrF2N. The topological polar surface area (TPSA) is 3.24 Å². The van der Waals surface area contributed by atoms with Crippen LogP contribution in [0.25, 0.3) is 0 Å². The lowest BCUT2D eigenvalue weighted by atomic mass is 10.1. The minimum Gasteiger partial charge on any atom is -0.364 e. The van der Waals surface area contributed by atoms with E-state index >= 15 is 0 Å². The first-order valence-corrected chi connectivity index (χ1v) is 6.97. The summed E-state index contributed by atoms with van der Waals surface area (Å²) in [5.74, 6) is -0.969. The summed E-state index contributed by atoms with van der Waals surface area (Å²) in [5.41, 5.74) is 0.704. The van der Waals surface area contributed by atoms with Crippen molar-refractivity contribution in [2.75, 3.05) is 11.4 Å². The molecule has 0 aromatic heterocycles. The van der Waals surface area contributed by atoms with Crippen molar-refractivity contribution in [3.05, 3.63) is 29.3 Å². The number of hydrogen-bond donors (Lipinski definition) is 0. The Morgan fingerprint density at radius 3 is 2.12 bits per heavy atom. The van der Waals surface area contributed by atoms with Crippen molar-refractivity contribution in [2.24, 2.45) is 0 Å². The van der Waals surface area contributed by atoms with E-state index in [1.54, 1.807) is 4.90 Å². The van der Waals surface area contributed by atoms with E-state index in [0.717, 1.165) is 6.42 Å². The van der Waals surface area contributed by atoms with Gasteiger partial charge in [-0.25, -0.2) is 8.78 Å². The number of rotatable bonds is 5. The fourth-order valence-corrected chi connectivity index (χ4v) is 2.20. The molecule has 1 nitrogen and oxygen atoms in total. The SMILES string of the molecule is CCC(C)N(CC)c1c(F)cc(CBr)cc1F. The number of benzene rings is 1. The number of nitrogens with zero attached hydrogens (tertiary/aromatic N) is 1. The standard InChI is InChI=1S/C13H18BrF2N/c1-4-9(3)17(5-2)13-11(15)6-10(8-14)7-12(13)16/h6-7,9H,4-5,8H2,1-3H3. The predicted octanol–water partition coefficient (Wildman–Crippen LogP) is 4.48. The van der Waals surface area contributed by atoms with Gasteiger partial charge in [0.25, 0.3) is 0 Å². The van der Waals surface area contributed by atoms with Gasteiger partial charge in [0, 0.05) is 17.9 Å². The highest BCUT2D eigenvalue weighted by Crippen LogP contribution is 2.28. The second kappa shape index (κ2) is 6.34. The summed E-state index contributed by atoms with van der Waals surface area (Å²) in [6, 6.07) is 2.90. The summed E-state index contributed by atoms with van der Waals surface area (Å²) in [4.78, 5) is 1.77. The molecule has 0 aliphatic carbocycles. The summed E-state index contributed by atoms with van der Waals surface area (Å²) in [6.07, 6.45) is 0.854. The average molecular weight is 306 g/mol. The largest absolute Gasteiger partial charge is 0.364 e. The van der Waals surface area contributed by atoms with Crippen molar-refractivity contribution < 1.29 is 8.78 Å². The van der Waals surface area contributed by atoms with Gasteiger partial charge in [0.2, 0.25) is 0 Å². The van der Waals surface area contributed by atoms with Crippen molar-refractivity contribution in [2.45, 2.75) is 38.6 Å². The zero-order valence-corrected chi connectivity index (χ0v) is 12.0. The van der Waals surface area contributed by atoms with Gasteiger partial charge in [-0.05, 0) is 38.0 Å². The van der Waals surface area contributed by atoms with Gasteiger partial charge in [-0.1, -0.05) is 22.9 Å². The molecule has 0 aliphatic rings. The van der Waals surface area contributed by atoms with E-state index in [0.29, 0.717) is 17.4 Å². The van der Waals surface area contributed by atoms with Crippen molar-refractivity contribution in [1.29, 1.82) is 0 Å². The average Bonchev–Trinajstić information content (AvgIpc) is 2.32. The molecule has 17 heavy (non-hydrogen) atoms. The maximum atomic E-state index is 13.9. The highest BCUT2D eigenvalue weighted by atomic mass is 79.9. The van der Waals surface area contributed by atoms with Gasteiger partial charge < -0.3 is 4.90 Å². The Labute approximate surface area is 110 Å². The summed E-state index contributed by atoms with van der Waals surface area (Å²) in [7, 11) is 0. The Balaban J connectivity index is 3.20. The maximum absolute atomic E-state index is 13.9. The minimum atomic E-state index is -0.485. The van der Waals surface area contributed by atoms with Crippen LogP contribution in [0.2, 0.25) is 0 Å². The van der Waals surface area contributed by atoms with E-state index < -0.39 is 11.6 Å². The van der Waals surface area contributed by atoms with Crippen LogP contribution in [0.1, 0.15) is 32.8 Å². The second-order valence-electron chi connectivity index (χ2n) is 4.08. The fraction of sp³-hybridized carbons (Fsp3) is 0.538. The molecule has 0 fully saturated rings. The van der Waals surface area contributed by atoms with E-state index in [1.807, 2.05) is 20.8 Å². The Morgan fingerprint density at radius 2 is 1.76 bits per heavy atom. The second-order valence-corrected chi connectivity index (χ2v) is 4.65. The Morgan fingerprint density at radius 1 is 1.24 bits per heavy atom.